The zero-order valence-electron chi connectivity index (χ0n) is 30.6. The molecule has 1 aromatic heterocycles. The molecule has 2 fully saturated rings. The van der Waals surface area contributed by atoms with Gasteiger partial charge in [0.25, 0.3) is 5.91 Å². The van der Waals surface area contributed by atoms with E-state index in [0.29, 0.717) is 49.4 Å². The molecule has 3 heterocycles. The fourth-order valence-corrected chi connectivity index (χ4v) is 7.32. The van der Waals surface area contributed by atoms with Crippen LogP contribution in [0.5, 0.6) is 11.6 Å². The van der Waals surface area contributed by atoms with Crippen LogP contribution < -0.4 is 24.8 Å². The van der Waals surface area contributed by atoms with E-state index in [4.69, 9.17) is 14.2 Å². The van der Waals surface area contributed by atoms with Gasteiger partial charge in [0.15, 0.2) is 0 Å². The topological polar surface area (TPSA) is 186 Å². The van der Waals surface area contributed by atoms with Gasteiger partial charge in [-0.05, 0) is 51.2 Å². The maximum Gasteiger partial charge on any atom is 0.407 e. The smallest absolute Gasteiger partial charge is 0.407 e. The van der Waals surface area contributed by atoms with Crippen LogP contribution in [-0.2, 0) is 29.3 Å². The first-order valence-electron chi connectivity index (χ1n) is 18.0. The molecule has 2 aromatic rings. The molecule has 3 aliphatic rings. The lowest BCUT2D eigenvalue weighted by atomic mass is 10.0. The molecular formula is C36H49FN6O9S. The second-order valence-corrected chi connectivity index (χ2v) is 15.7. The van der Waals surface area contributed by atoms with Gasteiger partial charge in [-0.2, -0.15) is 12.7 Å². The lowest BCUT2D eigenvalue weighted by Gasteiger charge is -2.28. The Morgan fingerprint density at radius 2 is 2.00 bits per heavy atom. The molecule has 1 saturated carbocycles. The summed E-state index contributed by atoms with van der Waals surface area (Å²) in [6.45, 7) is 3.38. The van der Waals surface area contributed by atoms with Gasteiger partial charge < -0.3 is 29.7 Å². The third kappa shape index (κ3) is 9.54. The number of aromatic nitrogens is 1. The van der Waals surface area contributed by atoms with Crippen molar-refractivity contribution in [3.8, 4) is 11.6 Å². The highest BCUT2D eigenvalue weighted by atomic mass is 32.2. The number of hydrogen-bond donors (Lipinski definition) is 3. The van der Waals surface area contributed by atoms with Crippen LogP contribution in [0.1, 0.15) is 63.9 Å². The van der Waals surface area contributed by atoms with Crippen LogP contribution in [0.25, 0.3) is 10.9 Å². The van der Waals surface area contributed by atoms with Crippen molar-refractivity contribution < 1.29 is 46.2 Å². The van der Waals surface area contributed by atoms with Gasteiger partial charge in [-0.25, -0.2) is 14.5 Å². The van der Waals surface area contributed by atoms with Gasteiger partial charge >= 0.3 is 16.3 Å². The number of aryl methyl sites for hydroxylation is 1. The van der Waals surface area contributed by atoms with E-state index in [0.717, 1.165) is 15.3 Å². The summed E-state index contributed by atoms with van der Waals surface area (Å²) in [6, 6.07) is 5.59. The molecule has 5 rings (SSSR count). The Labute approximate surface area is 309 Å². The molecule has 0 bridgehead atoms. The Bertz CT molecular complexity index is 1830. The Morgan fingerprint density at radius 1 is 1.21 bits per heavy atom. The zero-order valence-corrected chi connectivity index (χ0v) is 31.4. The number of benzene rings is 1. The predicted molar refractivity (Wildman–Crippen MR) is 193 cm³/mol. The van der Waals surface area contributed by atoms with Gasteiger partial charge in [0, 0.05) is 56.8 Å². The van der Waals surface area contributed by atoms with Gasteiger partial charge in [-0.15, -0.1) is 0 Å². The molecular weight excluding hydrogens is 711 g/mol. The van der Waals surface area contributed by atoms with Crippen LogP contribution in [0, 0.1) is 12.8 Å². The molecule has 53 heavy (non-hydrogen) atoms. The van der Waals surface area contributed by atoms with E-state index in [-0.39, 0.29) is 38.8 Å². The predicted octanol–water partition coefficient (Wildman–Crippen LogP) is 3.06. The van der Waals surface area contributed by atoms with Crippen LogP contribution in [0.3, 0.4) is 0 Å². The molecule has 3 N–H and O–H groups in total. The van der Waals surface area contributed by atoms with Gasteiger partial charge in [0.1, 0.15) is 23.4 Å². The minimum absolute atomic E-state index is 0.00171. The molecule has 17 heteroatoms. The number of alkyl carbamates (subject to hydrolysis) is 1. The summed E-state index contributed by atoms with van der Waals surface area (Å²) in [5.74, 6) is -1.64. The minimum atomic E-state index is -4.17. The van der Waals surface area contributed by atoms with Crippen molar-refractivity contribution in [2.24, 2.45) is 5.92 Å². The summed E-state index contributed by atoms with van der Waals surface area (Å²) in [7, 11) is -1.60. The van der Waals surface area contributed by atoms with E-state index in [1.54, 1.807) is 12.1 Å². The van der Waals surface area contributed by atoms with Crippen molar-refractivity contribution in [1.29, 1.82) is 0 Å². The second kappa shape index (κ2) is 17.1. The highest BCUT2D eigenvalue weighted by Crippen LogP contribution is 2.46. The molecule has 0 unspecified atom stereocenters. The SMILES string of the molecule is CCOc1cc(O[C@@H]2C[C@H]3C(=O)N[C@]4(C(=O)NS(=O)(=O)N(C)C)C[C@@H]4/C=C\CCCC[C@H](NC(=O)OCCCF)CC(=O)N3C2)c2cccc(C)c2n1. The van der Waals surface area contributed by atoms with Crippen LogP contribution in [0.2, 0.25) is 0 Å². The second-order valence-electron chi connectivity index (χ2n) is 13.8. The summed E-state index contributed by atoms with van der Waals surface area (Å²) in [5, 5.41) is 6.28. The fraction of sp³-hybridized carbons (Fsp3) is 0.583. The van der Waals surface area contributed by atoms with Crippen molar-refractivity contribution >= 4 is 44.9 Å². The molecule has 0 spiro atoms. The van der Waals surface area contributed by atoms with E-state index in [1.807, 2.05) is 38.1 Å². The number of allylic oxidation sites excluding steroid dienone is 1. The number of ether oxygens (including phenoxy) is 3. The number of alkyl halides is 1. The van der Waals surface area contributed by atoms with Gasteiger partial charge in [-0.1, -0.05) is 30.7 Å². The number of fused-ring (bicyclic) bond motifs is 3. The summed E-state index contributed by atoms with van der Waals surface area (Å²) >= 11 is 0. The molecule has 290 valence electrons. The van der Waals surface area contributed by atoms with E-state index >= 15 is 0 Å². The van der Waals surface area contributed by atoms with E-state index in [1.165, 1.54) is 19.0 Å². The van der Waals surface area contributed by atoms with Gasteiger partial charge in [0.2, 0.25) is 17.7 Å². The highest BCUT2D eigenvalue weighted by Gasteiger charge is 2.61. The summed E-state index contributed by atoms with van der Waals surface area (Å²) in [4.78, 5) is 60.6. The van der Waals surface area contributed by atoms with Crippen LogP contribution in [0.15, 0.2) is 36.4 Å². The molecule has 4 amide bonds. The van der Waals surface area contributed by atoms with Crippen molar-refractivity contribution in [2.45, 2.75) is 88.9 Å². The number of para-hydroxylation sites is 1. The fourth-order valence-electron chi connectivity index (χ4n) is 6.72. The lowest BCUT2D eigenvalue weighted by Crippen LogP contribution is -2.57. The van der Waals surface area contributed by atoms with Crippen molar-refractivity contribution in [3.63, 3.8) is 0 Å². The first-order valence-corrected chi connectivity index (χ1v) is 19.4. The Hall–Kier alpha value is -4.51. The number of carbonyl (C=O) groups is 4. The molecule has 15 nitrogen and oxygen atoms in total. The average molecular weight is 761 g/mol. The number of hydrogen-bond acceptors (Lipinski definition) is 10. The molecule has 2 aliphatic heterocycles. The summed E-state index contributed by atoms with van der Waals surface area (Å²) in [6.07, 6.45) is 4.72. The van der Waals surface area contributed by atoms with Crippen LogP contribution >= 0.6 is 0 Å². The summed E-state index contributed by atoms with van der Waals surface area (Å²) < 4.78 is 58.2. The molecule has 0 radical (unpaired) electrons. The number of carbonyl (C=O) groups excluding carboxylic acids is 4. The number of nitrogens with zero attached hydrogens (tertiary/aromatic N) is 3. The number of rotatable bonds is 11. The van der Waals surface area contributed by atoms with Gasteiger partial charge in [-0.3, -0.25) is 18.8 Å². The van der Waals surface area contributed by atoms with Gasteiger partial charge in [0.05, 0.1) is 31.9 Å². The first-order chi connectivity index (χ1) is 25.3. The number of amides is 4. The molecule has 5 atom stereocenters. The van der Waals surface area contributed by atoms with Crippen molar-refractivity contribution in [2.75, 3.05) is 40.5 Å². The monoisotopic (exact) mass is 760 g/mol. The van der Waals surface area contributed by atoms with Crippen LogP contribution in [0.4, 0.5) is 9.18 Å². The van der Waals surface area contributed by atoms with Crippen LogP contribution in [-0.4, -0.2) is 111 Å². The summed E-state index contributed by atoms with van der Waals surface area (Å²) in [5.41, 5.74) is 0.0245. The largest absolute Gasteiger partial charge is 0.488 e. The molecule has 1 aromatic carbocycles. The zero-order chi connectivity index (χ0) is 38.3. The number of halogens is 1. The Morgan fingerprint density at radius 3 is 2.74 bits per heavy atom. The molecule has 1 aliphatic carbocycles. The number of pyridine rings is 1. The standard InChI is InChI=1S/C36H49FN6O9S/c1-5-50-30-20-29(27-15-10-12-23(2)32(27)39-30)52-26-19-28-33(45)40-36(34(46)41-53(48,49)42(3)4)21-24(36)13-8-6-7-9-14-25(18-31(44)43(28)22-26)38-35(47)51-17-11-16-37/h8,10,12-13,15,20,24-26,28H,5-7,9,11,14,16-19,21-22H2,1-4H3,(H,38,47)(H,40,45)(H,41,46)/b13-8-/t24-,25-,26+,28-,36+/m0/s1. The first kappa shape index (κ1) is 39.7. The normalized spacial score (nSPS) is 25.7. The van der Waals surface area contributed by atoms with E-state index in [9.17, 15) is 32.0 Å². The minimum Gasteiger partial charge on any atom is -0.488 e. The maximum atomic E-state index is 14.3. The Balaban J connectivity index is 1.46. The van der Waals surface area contributed by atoms with E-state index in [2.05, 4.69) is 20.3 Å². The van der Waals surface area contributed by atoms with Crippen molar-refractivity contribution in [3.05, 3.63) is 42.0 Å². The molecule has 1 saturated heterocycles. The third-order valence-corrected chi connectivity index (χ3v) is 11.1. The third-order valence-electron chi connectivity index (χ3n) is 9.72. The quantitative estimate of drug-likeness (QED) is 0.227. The highest BCUT2D eigenvalue weighted by molar-refractivity contribution is 7.87. The maximum absolute atomic E-state index is 14.3. The van der Waals surface area contributed by atoms with E-state index < -0.39 is 70.3 Å². The van der Waals surface area contributed by atoms with Crippen molar-refractivity contribution in [1.82, 2.24) is 29.5 Å². The Kier molecular flexibility index (Phi) is 12.8. The average Bonchev–Trinajstić information content (AvgIpc) is 3.63. The lowest BCUT2D eigenvalue weighted by molar-refractivity contribution is -0.140. The number of nitrogens with one attached hydrogen (secondary N) is 3.